The SMILES string of the molecule is CNC(=O)N1CCC2(CC1)CN(C(C)C)c1ccccc12. The lowest BCUT2D eigenvalue weighted by Crippen LogP contribution is -2.49. The van der Waals surface area contributed by atoms with Crippen LogP contribution >= 0.6 is 0 Å². The minimum atomic E-state index is 0.0526. The molecule has 4 nitrogen and oxygen atoms in total. The molecule has 0 radical (unpaired) electrons. The molecule has 0 saturated carbocycles. The minimum Gasteiger partial charge on any atom is -0.368 e. The highest BCUT2D eigenvalue weighted by atomic mass is 16.2. The number of nitrogens with zero attached hydrogens (tertiary/aromatic N) is 2. The average Bonchev–Trinajstić information content (AvgIpc) is 2.83. The van der Waals surface area contributed by atoms with Crippen LogP contribution in [0.25, 0.3) is 0 Å². The van der Waals surface area contributed by atoms with Crippen LogP contribution in [0.1, 0.15) is 32.3 Å². The Labute approximate surface area is 127 Å². The van der Waals surface area contributed by atoms with E-state index < -0.39 is 0 Å². The summed E-state index contributed by atoms with van der Waals surface area (Å²) in [6, 6.07) is 9.38. The molecule has 1 N–H and O–H groups in total. The van der Waals surface area contributed by atoms with Crippen molar-refractivity contribution in [3.8, 4) is 0 Å². The van der Waals surface area contributed by atoms with Crippen molar-refractivity contribution in [2.45, 2.75) is 38.1 Å². The summed E-state index contributed by atoms with van der Waals surface area (Å²) in [6.45, 7) is 7.30. The Kier molecular flexibility index (Phi) is 3.56. The number of amides is 2. The van der Waals surface area contributed by atoms with Crippen LogP contribution in [0, 0.1) is 0 Å². The Balaban J connectivity index is 1.86. The van der Waals surface area contributed by atoms with E-state index in [9.17, 15) is 4.79 Å². The average molecular weight is 287 g/mol. The largest absolute Gasteiger partial charge is 0.368 e. The van der Waals surface area contributed by atoms with Crippen molar-refractivity contribution in [1.82, 2.24) is 10.2 Å². The van der Waals surface area contributed by atoms with Crippen LogP contribution in [0.2, 0.25) is 0 Å². The second kappa shape index (κ2) is 5.24. The first-order chi connectivity index (χ1) is 10.1. The number of hydrogen-bond donors (Lipinski definition) is 1. The van der Waals surface area contributed by atoms with E-state index in [1.165, 1.54) is 11.3 Å². The lowest BCUT2D eigenvalue weighted by Gasteiger charge is -2.40. The molecule has 1 aromatic rings. The second-order valence-electron chi connectivity index (χ2n) is 6.56. The number of carbonyl (C=O) groups excluding carboxylic acids is 1. The molecule has 1 aromatic carbocycles. The summed E-state index contributed by atoms with van der Waals surface area (Å²) in [5, 5.41) is 2.74. The van der Waals surface area contributed by atoms with Crippen molar-refractivity contribution in [3.63, 3.8) is 0 Å². The maximum atomic E-state index is 11.8. The number of nitrogens with one attached hydrogen (secondary N) is 1. The number of rotatable bonds is 1. The normalized spacial score (nSPS) is 20.0. The summed E-state index contributed by atoms with van der Waals surface area (Å²) in [6.07, 6.45) is 2.11. The number of urea groups is 1. The third kappa shape index (κ3) is 2.27. The van der Waals surface area contributed by atoms with Crippen LogP contribution in [0.15, 0.2) is 24.3 Å². The summed E-state index contributed by atoms with van der Waals surface area (Å²) in [5.41, 5.74) is 3.10. The van der Waals surface area contributed by atoms with Crippen molar-refractivity contribution in [1.29, 1.82) is 0 Å². The van der Waals surface area contributed by atoms with Gasteiger partial charge in [0.2, 0.25) is 0 Å². The number of piperidine rings is 1. The highest BCUT2D eigenvalue weighted by Gasteiger charge is 2.45. The van der Waals surface area contributed by atoms with Crippen LogP contribution in [0.5, 0.6) is 0 Å². The van der Waals surface area contributed by atoms with Gasteiger partial charge >= 0.3 is 6.03 Å². The van der Waals surface area contributed by atoms with E-state index in [2.05, 4.69) is 48.3 Å². The number of hydrogen-bond acceptors (Lipinski definition) is 2. The second-order valence-corrected chi connectivity index (χ2v) is 6.56. The van der Waals surface area contributed by atoms with Gasteiger partial charge in [-0.25, -0.2) is 4.79 Å². The zero-order valence-corrected chi connectivity index (χ0v) is 13.2. The fourth-order valence-electron chi connectivity index (χ4n) is 3.85. The molecule has 1 fully saturated rings. The van der Waals surface area contributed by atoms with Gasteiger partial charge in [0.15, 0.2) is 0 Å². The van der Waals surface area contributed by atoms with E-state index in [4.69, 9.17) is 0 Å². The summed E-state index contributed by atoms with van der Waals surface area (Å²) >= 11 is 0. The molecule has 2 amide bonds. The smallest absolute Gasteiger partial charge is 0.317 e. The van der Waals surface area contributed by atoms with Gasteiger partial charge in [0, 0.05) is 43.8 Å². The van der Waals surface area contributed by atoms with E-state index in [-0.39, 0.29) is 11.4 Å². The fourth-order valence-corrected chi connectivity index (χ4v) is 3.85. The van der Waals surface area contributed by atoms with Crippen molar-refractivity contribution in [2.24, 2.45) is 0 Å². The van der Waals surface area contributed by atoms with E-state index in [0.29, 0.717) is 6.04 Å². The molecule has 0 bridgehead atoms. The molecule has 2 aliphatic heterocycles. The molecular formula is C17H25N3O. The fraction of sp³-hybridized carbons (Fsp3) is 0.588. The Morgan fingerprint density at radius 2 is 1.90 bits per heavy atom. The molecule has 0 aliphatic carbocycles. The molecule has 1 saturated heterocycles. The Bertz CT molecular complexity index is 533. The molecule has 1 spiro atoms. The number of para-hydroxylation sites is 1. The van der Waals surface area contributed by atoms with Crippen molar-refractivity contribution in [3.05, 3.63) is 29.8 Å². The van der Waals surface area contributed by atoms with Gasteiger partial charge in [0.1, 0.15) is 0 Å². The molecule has 3 rings (SSSR count). The van der Waals surface area contributed by atoms with Gasteiger partial charge in [-0.1, -0.05) is 18.2 Å². The van der Waals surface area contributed by atoms with E-state index in [1.807, 2.05) is 4.90 Å². The molecule has 2 heterocycles. The van der Waals surface area contributed by atoms with Gasteiger partial charge in [-0.3, -0.25) is 0 Å². The Morgan fingerprint density at radius 1 is 1.24 bits per heavy atom. The lowest BCUT2D eigenvalue weighted by atomic mass is 9.74. The number of anilines is 1. The highest BCUT2D eigenvalue weighted by molar-refractivity contribution is 5.74. The van der Waals surface area contributed by atoms with Crippen molar-refractivity contribution < 1.29 is 4.79 Å². The predicted octanol–water partition coefficient (Wildman–Crippen LogP) is 2.59. The molecule has 4 heteroatoms. The van der Waals surface area contributed by atoms with Crippen LogP contribution in [-0.2, 0) is 5.41 Å². The van der Waals surface area contributed by atoms with Gasteiger partial charge in [-0.2, -0.15) is 0 Å². The Morgan fingerprint density at radius 3 is 2.52 bits per heavy atom. The third-order valence-corrected chi connectivity index (χ3v) is 5.10. The first-order valence-corrected chi connectivity index (χ1v) is 7.90. The number of benzene rings is 1. The zero-order valence-electron chi connectivity index (χ0n) is 13.2. The van der Waals surface area contributed by atoms with Crippen LogP contribution in [-0.4, -0.2) is 43.7 Å². The first kappa shape index (κ1) is 14.2. The standard InChI is InChI=1S/C17H25N3O/c1-13(2)20-12-17(14-6-4-5-7-15(14)20)8-10-19(11-9-17)16(21)18-3/h4-7,13H,8-12H2,1-3H3,(H,18,21). The monoisotopic (exact) mass is 287 g/mol. The van der Waals surface area contributed by atoms with E-state index in [0.717, 1.165) is 32.5 Å². The molecule has 0 atom stereocenters. The van der Waals surface area contributed by atoms with Gasteiger partial charge < -0.3 is 15.1 Å². The van der Waals surface area contributed by atoms with Crippen molar-refractivity contribution in [2.75, 3.05) is 31.6 Å². The van der Waals surface area contributed by atoms with Crippen LogP contribution in [0.3, 0.4) is 0 Å². The highest BCUT2D eigenvalue weighted by Crippen LogP contribution is 2.47. The molecule has 2 aliphatic rings. The maximum absolute atomic E-state index is 11.8. The van der Waals surface area contributed by atoms with Gasteiger partial charge in [-0.15, -0.1) is 0 Å². The summed E-state index contributed by atoms with van der Waals surface area (Å²) in [7, 11) is 1.71. The number of likely N-dealkylation sites (tertiary alicyclic amines) is 1. The molecule has 0 unspecified atom stereocenters. The molecule has 114 valence electrons. The van der Waals surface area contributed by atoms with E-state index >= 15 is 0 Å². The summed E-state index contributed by atoms with van der Waals surface area (Å²) in [5.74, 6) is 0. The third-order valence-electron chi connectivity index (χ3n) is 5.10. The van der Waals surface area contributed by atoms with Crippen LogP contribution < -0.4 is 10.2 Å². The first-order valence-electron chi connectivity index (χ1n) is 7.90. The number of fused-ring (bicyclic) bond motifs is 2. The molecule has 21 heavy (non-hydrogen) atoms. The van der Waals surface area contributed by atoms with Crippen molar-refractivity contribution >= 4 is 11.7 Å². The molecule has 0 aromatic heterocycles. The van der Waals surface area contributed by atoms with Gasteiger partial charge in [0.25, 0.3) is 0 Å². The summed E-state index contributed by atoms with van der Waals surface area (Å²) < 4.78 is 0. The van der Waals surface area contributed by atoms with Gasteiger partial charge in [0.05, 0.1) is 0 Å². The summed E-state index contributed by atoms with van der Waals surface area (Å²) in [4.78, 5) is 16.2. The number of carbonyl (C=O) groups is 1. The predicted molar refractivity (Wildman–Crippen MR) is 85.9 cm³/mol. The quantitative estimate of drug-likeness (QED) is 0.862. The zero-order chi connectivity index (χ0) is 15.0. The molecular weight excluding hydrogens is 262 g/mol. The van der Waals surface area contributed by atoms with Crippen LogP contribution in [0.4, 0.5) is 10.5 Å². The Hall–Kier alpha value is -1.71. The minimum absolute atomic E-state index is 0.0526. The lowest BCUT2D eigenvalue weighted by molar-refractivity contribution is 0.163. The van der Waals surface area contributed by atoms with Gasteiger partial charge in [-0.05, 0) is 38.3 Å². The maximum Gasteiger partial charge on any atom is 0.317 e. The topological polar surface area (TPSA) is 35.6 Å². The van der Waals surface area contributed by atoms with E-state index in [1.54, 1.807) is 7.05 Å².